The molecule has 0 atom stereocenters. The fourth-order valence-electron chi connectivity index (χ4n) is 1.36. The van der Waals surface area contributed by atoms with E-state index in [1.165, 1.54) is 6.26 Å². The van der Waals surface area contributed by atoms with Crippen LogP contribution < -0.4 is 5.32 Å². The number of carbonyl (C=O) groups is 2. The van der Waals surface area contributed by atoms with Crippen molar-refractivity contribution in [2.24, 2.45) is 0 Å². The van der Waals surface area contributed by atoms with Crippen LogP contribution >= 0.6 is 0 Å². The number of ether oxygens (including phenoxy) is 2. The Morgan fingerprint density at radius 2 is 2.21 bits per heavy atom. The number of carbonyl (C=O) groups excluding carboxylic acids is 2. The van der Waals surface area contributed by atoms with Crippen LogP contribution in [0.4, 0.5) is 0 Å². The van der Waals surface area contributed by atoms with E-state index in [4.69, 9.17) is 13.9 Å². The zero-order valence-electron chi connectivity index (χ0n) is 11.0. The van der Waals surface area contributed by atoms with Crippen molar-refractivity contribution in [3.05, 3.63) is 24.2 Å². The summed E-state index contributed by atoms with van der Waals surface area (Å²) >= 11 is 0. The van der Waals surface area contributed by atoms with E-state index in [1.807, 2.05) is 6.92 Å². The lowest BCUT2D eigenvalue weighted by Gasteiger charge is -2.05. The Bertz CT molecular complexity index is 374. The molecule has 0 saturated heterocycles. The fraction of sp³-hybridized carbons (Fsp3) is 0.538. The first-order valence-electron chi connectivity index (χ1n) is 6.29. The maximum atomic E-state index is 11.5. The van der Waals surface area contributed by atoms with E-state index in [0.29, 0.717) is 26.2 Å². The molecule has 0 aliphatic rings. The smallest absolute Gasteiger partial charge is 0.305 e. The Kier molecular flexibility index (Phi) is 7.34. The second kappa shape index (κ2) is 9.16. The van der Waals surface area contributed by atoms with Gasteiger partial charge in [0.25, 0.3) is 5.91 Å². The second-order valence-electron chi connectivity index (χ2n) is 3.75. The van der Waals surface area contributed by atoms with E-state index in [1.54, 1.807) is 12.1 Å². The normalized spacial score (nSPS) is 10.2. The number of hydrogen-bond acceptors (Lipinski definition) is 5. The van der Waals surface area contributed by atoms with Crippen LogP contribution in [0.15, 0.2) is 22.8 Å². The van der Waals surface area contributed by atoms with Crippen LogP contribution in [0.2, 0.25) is 0 Å². The maximum Gasteiger partial charge on any atom is 0.305 e. The Hall–Kier alpha value is -1.82. The van der Waals surface area contributed by atoms with E-state index in [0.717, 1.165) is 0 Å². The molecule has 1 amide bonds. The van der Waals surface area contributed by atoms with Crippen molar-refractivity contribution in [1.82, 2.24) is 5.32 Å². The molecule has 0 aliphatic carbocycles. The van der Waals surface area contributed by atoms with Crippen LogP contribution in [0.25, 0.3) is 0 Å². The first kappa shape index (κ1) is 15.2. The molecule has 106 valence electrons. The quantitative estimate of drug-likeness (QED) is 0.541. The highest BCUT2D eigenvalue weighted by atomic mass is 16.6. The van der Waals surface area contributed by atoms with E-state index < -0.39 is 0 Å². The number of rotatable bonds is 9. The molecular formula is C13H19NO5. The molecule has 1 N–H and O–H groups in total. The van der Waals surface area contributed by atoms with Gasteiger partial charge in [0.15, 0.2) is 5.76 Å². The summed E-state index contributed by atoms with van der Waals surface area (Å²) < 4.78 is 14.9. The van der Waals surface area contributed by atoms with Gasteiger partial charge in [-0.3, -0.25) is 9.59 Å². The van der Waals surface area contributed by atoms with Crippen molar-refractivity contribution < 1.29 is 23.5 Å². The minimum absolute atomic E-state index is 0.263. The third kappa shape index (κ3) is 6.61. The van der Waals surface area contributed by atoms with Crippen molar-refractivity contribution in [3.63, 3.8) is 0 Å². The summed E-state index contributed by atoms with van der Waals surface area (Å²) in [4.78, 5) is 22.7. The van der Waals surface area contributed by atoms with Crippen molar-refractivity contribution >= 4 is 11.9 Å². The summed E-state index contributed by atoms with van der Waals surface area (Å²) in [7, 11) is 0. The highest BCUT2D eigenvalue weighted by Crippen LogP contribution is 1.99. The van der Waals surface area contributed by atoms with Gasteiger partial charge in [-0.1, -0.05) is 0 Å². The first-order valence-corrected chi connectivity index (χ1v) is 6.29. The third-order valence-corrected chi connectivity index (χ3v) is 2.28. The third-order valence-electron chi connectivity index (χ3n) is 2.28. The fourth-order valence-corrected chi connectivity index (χ4v) is 1.36. The topological polar surface area (TPSA) is 77.8 Å². The molecule has 1 heterocycles. The molecule has 0 bridgehead atoms. The van der Waals surface area contributed by atoms with Gasteiger partial charge in [-0.25, -0.2) is 0 Å². The predicted molar refractivity (Wildman–Crippen MR) is 67.7 cm³/mol. The summed E-state index contributed by atoms with van der Waals surface area (Å²) in [6.07, 6.45) is 2.23. The van der Waals surface area contributed by atoms with Gasteiger partial charge < -0.3 is 19.2 Å². The van der Waals surface area contributed by atoms with Crippen LogP contribution in [-0.2, 0) is 14.3 Å². The molecule has 6 nitrogen and oxygen atoms in total. The molecule has 0 spiro atoms. The lowest BCUT2D eigenvalue weighted by Crippen LogP contribution is -2.24. The number of hydrogen-bond donors (Lipinski definition) is 1. The van der Waals surface area contributed by atoms with Gasteiger partial charge >= 0.3 is 5.97 Å². The Balaban J connectivity index is 2.01. The first-order chi connectivity index (χ1) is 9.24. The maximum absolute atomic E-state index is 11.5. The predicted octanol–water partition coefficient (Wildman–Crippen LogP) is 1.37. The van der Waals surface area contributed by atoms with E-state index in [-0.39, 0.29) is 30.7 Å². The molecule has 1 rings (SSSR count). The molecule has 0 unspecified atom stereocenters. The summed E-state index contributed by atoms with van der Waals surface area (Å²) in [5.41, 5.74) is 0. The Morgan fingerprint density at radius 3 is 2.89 bits per heavy atom. The molecule has 19 heavy (non-hydrogen) atoms. The molecule has 6 heteroatoms. The highest BCUT2D eigenvalue weighted by molar-refractivity contribution is 5.91. The van der Waals surface area contributed by atoms with Gasteiger partial charge in [0.05, 0.1) is 12.9 Å². The standard InChI is InChI=1S/C13H19NO5/c1-2-17-9-10-19-12(15)6-3-7-14-13(16)11-5-4-8-18-11/h4-5,8H,2-3,6-7,9-10H2,1H3,(H,14,16). The van der Waals surface area contributed by atoms with Crippen LogP contribution in [0.5, 0.6) is 0 Å². The number of nitrogens with one attached hydrogen (secondary N) is 1. The molecule has 1 aromatic heterocycles. The minimum atomic E-state index is -0.285. The lowest BCUT2D eigenvalue weighted by atomic mass is 10.3. The van der Waals surface area contributed by atoms with Crippen molar-refractivity contribution in [2.75, 3.05) is 26.4 Å². The van der Waals surface area contributed by atoms with Crippen LogP contribution in [0.3, 0.4) is 0 Å². The van der Waals surface area contributed by atoms with Crippen LogP contribution in [0, 0.1) is 0 Å². The largest absolute Gasteiger partial charge is 0.463 e. The van der Waals surface area contributed by atoms with Gasteiger partial charge in [-0.15, -0.1) is 0 Å². The minimum Gasteiger partial charge on any atom is -0.463 e. The average Bonchev–Trinajstić information content (AvgIpc) is 2.93. The van der Waals surface area contributed by atoms with Crippen molar-refractivity contribution in [1.29, 1.82) is 0 Å². The molecule has 1 aromatic rings. The summed E-state index contributed by atoms with van der Waals surface area (Å²) in [6, 6.07) is 3.22. The molecule has 0 radical (unpaired) electrons. The zero-order valence-corrected chi connectivity index (χ0v) is 11.0. The van der Waals surface area contributed by atoms with Gasteiger partial charge in [-0.05, 0) is 25.5 Å². The van der Waals surface area contributed by atoms with Crippen molar-refractivity contribution in [3.8, 4) is 0 Å². The summed E-state index contributed by atoms with van der Waals surface area (Å²) in [5.74, 6) is -0.305. The van der Waals surface area contributed by atoms with Gasteiger partial charge in [-0.2, -0.15) is 0 Å². The monoisotopic (exact) mass is 269 g/mol. The Labute approximate surface area is 112 Å². The summed E-state index contributed by atoms with van der Waals surface area (Å²) in [5, 5.41) is 2.65. The van der Waals surface area contributed by atoms with E-state index in [2.05, 4.69) is 5.32 Å². The molecule has 0 aromatic carbocycles. The van der Waals surface area contributed by atoms with E-state index >= 15 is 0 Å². The zero-order chi connectivity index (χ0) is 13.9. The molecule has 0 fully saturated rings. The molecule has 0 aliphatic heterocycles. The van der Waals surface area contributed by atoms with E-state index in [9.17, 15) is 9.59 Å². The lowest BCUT2D eigenvalue weighted by molar-refractivity contribution is -0.145. The Morgan fingerprint density at radius 1 is 1.37 bits per heavy atom. The van der Waals surface area contributed by atoms with Crippen molar-refractivity contribution in [2.45, 2.75) is 19.8 Å². The van der Waals surface area contributed by atoms with Gasteiger partial charge in [0.1, 0.15) is 6.61 Å². The molecule has 0 saturated carbocycles. The number of furan rings is 1. The van der Waals surface area contributed by atoms with Gasteiger partial charge in [0.2, 0.25) is 0 Å². The number of esters is 1. The average molecular weight is 269 g/mol. The van der Waals surface area contributed by atoms with Gasteiger partial charge in [0, 0.05) is 19.6 Å². The second-order valence-corrected chi connectivity index (χ2v) is 3.75. The van der Waals surface area contributed by atoms with Crippen LogP contribution in [0.1, 0.15) is 30.3 Å². The number of amides is 1. The highest BCUT2D eigenvalue weighted by Gasteiger charge is 2.08. The molecular weight excluding hydrogens is 250 g/mol. The van der Waals surface area contributed by atoms with Crippen LogP contribution in [-0.4, -0.2) is 38.2 Å². The SMILES string of the molecule is CCOCCOC(=O)CCCNC(=O)c1ccco1. The summed E-state index contributed by atoms with van der Waals surface area (Å²) in [6.45, 7) is 3.57.